The van der Waals surface area contributed by atoms with Gasteiger partial charge in [0.2, 0.25) is 0 Å². The lowest BCUT2D eigenvalue weighted by Gasteiger charge is -2.37. The van der Waals surface area contributed by atoms with E-state index in [2.05, 4.69) is 12.2 Å². The third-order valence-electron chi connectivity index (χ3n) is 8.34. The monoisotopic (exact) mass is 590 g/mol. The largest absolute Gasteiger partial charge is 0.292 e. The summed E-state index contributed by atoms with van der Waals surface area (Å²) < 4.78 is 0. The second kappa shape index (κ2) is 9.67. The van der Waals surface area contributed by atoms with Crippen LogP contribution in [0.25, 0.3) is 0 Å². The number of ketones is 1. The summed E-state index contributed by atoms with van der Waals surface area (Å²) in [5, 5.41) is 2.74. The summed E-state index contributed by atoms with van der Waals surface area (Å²) in [5.41, 5.74) is 0.359. The maximum Gasteiger partial charge on any atom is 0.273 e. The highest BCUT2D eigenvalue weighted by Gasteiger charge is 2.68. The molecule has 4 aliphatic carbocycles. The van der Waals surface area contributed by atoms with Crippen LogP contribution in [0.4, 0.5) is 0 Å². The Morgan fingerprint density at radius 3 is 2.00 bits per heavy atom. The van der Waals surface area contributed by atoms with Crippen LogP contribution in [0.5, 0.6) is 0 Å². The van der Waals surface area contributed by atoms with Gasteiger partial charge in [-0.2, -0.15) is 5.01 Å². The molecule has 0 unspecified atom stereocenters. The maximum absolute atomic E-state index is 14.1. The minimum atomic E-state index is -1.22. The molecule has 7 atom stereocenters. The van der Waals surface area contributed by atoms with E-state index in [9.17, 15) is 19.2 Å². The Balaban J connectivity index is 1.45. The van der Waals surface area contributed by atoms with Crippen molar-refractivity contribution < 1.29 is 19.2 Å². The molecule has 2 aromatic rings. The molecule has 1 saturated heterocycles. The summed E-state index contributed by atoms with van der Waals surface area (Å²) in [6.07, 6.45) is 5.12. The molecule has 2 bridgehead atoms. The first-order chi connectivity index (χ1) is 18.2. The second-order valence-corrected chi connectivity index (χ2v) is 11.9. The first kappa shape index (κ1) is 25.9. The van der Waals surface area contributed by atoms with Crippen molar-refractivity contribution >= 4 is 69.9 Å². The van der Waals surface area contributed by atoms with Crippen molar-refractivity contribution in [2.24, 2.45) is 35.5 Å². The summed E-state index contributed by atoms with van der Waals surface area (Å²) in [4.78, 5) is 55.9. The molecule has 2 saturated carbocycles. The molecule has 3 amide bonds. The molecule has 0 spiro atoms. The van der Waals surface area contributed by atoms with E-state index >= 15 is 0 Å². The number of Topliss-reactive ketones (excluding diaryl/α,β-unsaturated/α-hetero) is 1. The number of allylic oxidation sites excluding steroid dienone is 2. The summed E-state index contributed by atoms with van der Waals surface area (Å²) in [7, 11) is 0. The van der Waals surface area contributed by atoms with E-state index in [1.54, 1.807) is 24.3 Å². The van der Waals surface area contributed by atoms with Crippen molar-refractivity contribution in [2.45, 2.75) is 18.9 Å². The molecular weight excluding hydrogens is 570 g/mol. The Labute approximate surface area is 239 Å². The average molecular weight is 592 g/mol. The molecule has 0 N–H and O–H groups in total. The highest BCUT2D eigenvalue weighted by Crippen LogP contribution is 2.65. The van der Waals surface area contributed by atoms with Crippen LogP contribution >= 0.6 is 46.4 Å². The van der Waals surface area contributed by atoms with Gasteiger partial charge in [0.25, 0.3) is 17.7 Å². The van der Waals surface area contributed by atoms with Crippen molar-refractivity contribution in [3.63, 3.8) is 0 Å². The van der Waals surface area contributed by atoms with E-state index in [1.807, 2.05) is 0 Å². The van der Waals surface area contributed by atoms with Gasteiger partial charge in [0.05, 0.1) is 21.9 Å². The quantitative estimate of drug-likeness (QED) is 0.173. The number of carbonyl (C=O) groups is 4. The standard InChI is InChI=1S/C28H22Cl4N2O4/c29-10-9-22(25(35)13-1-4-15(30)5-2-13)33(26(36)14-3-8-20(31)21(32)11-14)34-27(37)23-16-6-7-17(19-12-18(16)19)24(23)28(34)38/h1-8,11,16-19,22-24H,9-10,12H2/t16-,17-,18-,19+,22-,23+,24+/m0/s1. The maximum atomic E-state index is 14.1. The molecule has 196 valence electrons. The van der Waals surface area contributed by atoms with Crippen LogP contribution in [-0.2, 0) is 9.59 Å². The van der Waals surface area contributed by atoms with Gasteiger partial charge in [-0.05, 0) is 79.0 Å². The molecule has 1 heterocycles. The average Bonchev–Trinajstić information content (AvgIpc) is 3.69. The van der Waals surface area contributed by atoms with E-state index in [0.29, 0.717) is 16.9 Å². The molecule has 2 aromatic carbocycles. The molecular formula is C28H22Cl4N2O4. The number of hydrazine groups is 1. The minimum Gasteiger partial charge on any atom is -0.292 e. The van der Waals surface area contributed by atoms with Crippen LogP contribution in [0, 0.1) is 35.5 Å². The van der Waals surface area contributed by atoms with Crippen LogP contribution < -0.4 is 0 Å². The van der Waals surface area contributed by atoms with Gasteiger partial charge >= 0.3 is 0 Å². The van der Waals surface area contributed by atoms with Gasteiger partial charge < -0.3 is 0 Å². The van der Waals surface area contributed by atoms with Gasteiger partial charge in [-0.1, -0.05) is 47.0 Å². The third-order valence-corrected chi connectivity index (χ3v) is 9.55. The highest BCUT2D eigenvalue weighted by molar-refractivity contribution is 6.42. The van der Waals surface area contributed by atoms with Gasteiger partial charge in [-0.25, -0.2) is 5.01 Å². The van der Waals surface area contributed by atoms with E-state index < -0.39 is 41.4 Å². The number of hydrogen-bond acceptors (Lipinski definition) is 4. The van der Waals surface area contributed by atoms with Gasteiger partial charge in [-0.3, -0.25) is 19.2 Å². The summed E-state index contributed by atoms with van der Waals surface area (Å²) in [6, 6.07) is 9.26. The smallest absolute Gasteiger partial charge is 0.273 e. The normalized spacial score (nSPS) is 29.2. The predicted octanol–water partition coefficient (Wildman–Crippen LogP) is 5.94. The number of rotatable bonds is 7. The summed E-state index contributed by atoms with van der Waals surface area (Å²) in [5.74, 6) is -2.50. The SMILES string of the molecule is O=C(c1ccc(Cl)cc1)[C@H](CCCl)N(C(=O)c1ccc(Cl)c(Cl)c1)N1C(=O)[C@@H]2[C@H]3C=C[C@@H]([C@@H]4C[C@H]34)[C@H]2C1=O. The van der Waals surface area contributed by atoms with Gasteiger partial charge in [-0.15, -0.1) is 11.6 Å². The minimum absolute atomic E-state index is 0.00911. The first-order valence-corrected chi connectivity index (χ1v) is 14.1. The van der Waals surface area contributed by atoms with Crippen LogP contribution in [0.3, 0.4) is 0 Å². The topological polar surface area (TPSA) is 74.8 Å². The van der Waals surface area contributed by atoms with E-state index in [-0.39, 0.29) is 45.3 Å². The zero-order chi connectivity index (χ0) is 26.9. The zero-order valence-corrected chi connectivity index (χ0v) is 22.9. The highest BCUT2D eigenvalue weighted by atomic mass is 35.5. The predicted molar refractivity (Wildman–Crippen MR) is 144 cm³/mol. The molecule has 7 rings (SSSR count). The Hall–Kier alpha value is -2.38. The number of benzene rings is 2. The van der Waals surface area contributed by atoms with E-state index in [1.165, 1.54) is 18.2 Å². The number of nitrogens with zero attached hydrogens (tertiary/aromatic N) is 2. The fraction of sp³-hybridized carbons (Fsp3) is 0.357. The van der Waals surface area contributed by atoms with Crippen LogP contribution in [-0.4, -0.2) is 45.4 Å². The van der Waals surface area contributed by atoms with Gasteiger partial charge in [0, 0.05) is 22.0 Å². The van der Waals surface area contributed by atoms with E-state index in [4.69, 9.17) is 46.4 Å². The van der Waals surface area contributed by atoms with Gasteiger partial charge in [0.1, 0.15) is 6.04 Å². The molecule has 5 aliphatic rings. The second-order valence-electron chi connectivity index (χ2n) is 10.3. The number of alkyl halides is 1. The lowest BCUT2D eigenvalue weighted by atomic mass is 9.63. The number of amides is 3. The Kier molecular flexibility index (Phi) is 6.58. The van der Waals surface area contributed by atoms with Crippen molar-refractivity contribution in [2.75, 3.05) is 5.88 Å². The molecule has 10 heteroatoms. The number of hydrogen-bond donors (Lipinski definition) is 0. The lowest BCUT2D eigenvalue weighted by Crippen LogP contribution is -2.57. The van der Waals surface area contributed by atoms with Crippen molar-refractivity contribution in [3.05, 3.63) is 80.8 Å². The lowest BCUT2D eigenvalue weighted by molar-refractivity contribution is -0.157. The van der Waals surface area contributed by atoms with Crippen LogP contribution in [0.1, 0.15) is 33.6 Å². The van der Waals surface area contributed by atoms with Crippen LogP contribution in [0.2, 0.25) is 15.1 Å². The number of imide groups is 1. The first-order valence-electron chi connectivity index (χ1n) is 12.4. The fourth-order valence-corrected chi connectivity index (χ4v) is 7.19. The Morgan fingerprint density at radius 2 is 1.45 bits per heavy atom. The molecule has 3 fully saturated rings. The van der Waals surface area contributed by atoms with Gasteiger partial charge in [0.15, 0.2) is 5.78 Å². The molecule has 38 heavy (non-hydrogen) atoms. The summed E-state index contributed by atoms with van der Waals surface area (Å²) >= 11 is 24.4. The Morgan fingerprint density at radius 1 is 0.868 bits per heavy atom. The Bertz CT molecular complexity index is 1360. The zero-order valence-electron chi connectivity index (χ0n) is 19.9. The van der Waals surface area contributed by atoms with Crippen molar-refractivity contribution in [3.8, 4) is 0 Å². The molecule has 0 aromatic heterocycles. The number of carbonyl (C=O) groups excluding carboxylic acids is 4. The molecule has 6 nitrogen and oxygen atoms in total. The van der Waals surface area contributed by atoms with Crippen LogP contribution in [0.15, 0.2) is 54.6 Å². The number of halogens is 4. The van der Waals surface area contributed by atoms with Crippen molar-refractivity contribution in [1.82, 2.24) is 10.0 Å². The van der Waals surface area contributed by atoms with Crippen molar-refractivity contribution in [1.29, 1.82) is 0 Å². The van der Waals surface area contributed by atoms with E-state index in [0.717, 1.165) is 16.4 Å². The molecule has 1 aliphatic heterocycles. The third kappa shape index (κ3) is 4.00. The fourth-order valence-electron chi connectivity index (χ4n) is 6.56. The molecule has 0 radical (unpaired) electrons. The summed E-state index contributed by atoms with van der Waals surface area (Å²) in [6.45, 7) is 0.